The molecule has 6 nitrogen and oxygen atoms in total. The van der Waals surface area contributed by atoms with Gasteiger partial charge in [0, 0.05) is 18.0 Å². The Morgan fingerprint density at radius 2 is 2.12 bits per heavy atom. The monoisotopic (exact) mass is 384 g/mol. The van der Waals surface area contributed by atoms with Crippen LogP contribution in [-0.2, 0) is 13.0 Å². The number of nitrogens with two attached hydrogens (primary N) is 1. The van der Waals surface area contributed by atoms with E-state index in [1.54, 1.807) is 12.1 Å². The van der Waals surface area contributed by atoms with Crippen molar-refractivity contribution in [3.05, 3.63) is 32.5 Å². The van der Waals surface area contributed by atoms with Crippen LogP contribution in [0.5, 0.6) is 0 Å². The first-order valence-electron chi connectivity index (χ1n) is 7.48. The summed E-state index contributed by atoms with van der Waals surface area (Å²) in [6.45, 7) is 4.72. The third kappa shape index (κ3) is 3.56. The van der Waals surface area contributed by atoms with Gasteiger partial charge in [0.1, 0.15) is 5.00 Å². The number of fused-ring (bicyclic) bond motifs is 1. The Bertz CT molecular complexity index is 787. The Hall–Kier alpha value is -1.61. The van der Waals surface area contributed by atoms with Gasteiger partial charge in [0.15, 0.2) is 0 Å². The van der Waals surface area contributed by atoms with E-state index in [0.717, 1.165) is 36.5 Å². The number of likely N-dealkylation sites (N-methyl/N-ethyl adjacent to an activating group) is 1. The van der Waals surface area contributed by atoms with Gasteiger partial charge in [-0.2, -0.15) is 0 Å². The molecule has 0 aromatic carbocycles. The lowest BCUT2D eigenvalue weighted by atomic mass is 10.0. The van der Waals surface area contributed by atoms with Crippen LogP contribution in [0.1, 0.15) is 27.7 Å². The molecule has 0 atom stereocenters. The van der Waals surface area contributed by atoms with Crippen molar-refractivity contribution in [2.45, 2.75) is 19.9 Å². The van der Waals surface area contributed by atoms with Gasteiger partial charge < -0.3 is 5.73 Å². The highest BCUT2D eigenvalue weighted by atomic mass is 35.5. The van der Waals surface area contributed by atoms with E-state index in [9.17, 15) is 9.59 Å². The summed E-state index contributed by atoms with van der Waals surface area (Å²) in [5, 5.41) is 6.60. The second-order valence-electron chi connectivity index (χ2n) is 5.37. The Morgan fingerprint density at radius 1 is 1.33 bits per heavy atom. The number of carbonyl (C=O) groups is 2. The highest BCUT2D eigenvalue weighted by Gasteiger charge is 2.27. The summed E-state index contributed by atoms with van der Waals surface area (Å²) in [6, 6.07) is 3.02. The topological polar surface area (TPSA) is 87.5 Å². The van der Waals surface area contributed by atoms with Crippen LogP contribution in [0, 0.1) is 0 Å². The minimum atomic E-state index is -0.507. The van der Waals surface area contributed by atoms with Crippen LogP contribution in [0.4, 0.5) is 14.8 Å². The Balaban J connectivity index is 1.81. The van der Waals surface area contributed by atoms with Crippen molar-refractivity contribution >= 4 is 56.2 Å². The van der Waals surface area contributed by atoms with Crippen LogP contribution >= 0.6 is 34.3 Å². The number of amides is 3. The quantitative estimate of drug-likeness (QED) is 0.752. The van der Waals surface area contributed by atoms with Crippen LogP contribution < -0.4 is 16.4 Å². The fraction of sp³-hybridized carbons (Fsp3) is 0.333. The first-order chi connectivity index (χ1) is 11.5. The maximum Gasteiger partial charge on any atom is 0.324 e. The normalized spacial score (nSPS) is 14.2. The van der Waals surface area contributed by atoms with E-state index in [2.05, 4.69) is 22.5 Å². The first-order valence-corrected chi connectivity index (χ1v) is 9.49. The zero-order valence-electron chi connectivity index (χ0n) is 13.0. The van der Waals surface area contributed by atoms with Gasteiger partial charge in [-0.3, -0.25) is 20.3 Å². The number of thiophene rings is 2. The fourth-order valence-corrected chi connectivity index (χ4v) is 4.93. The summed E-state index contributed by atoms with van der Waals surface area (Å²) < 4.78 is 0.592. The maximum absolute atomic E-state index is 12.2. The molecular weight excluding hydrogens is 368 g/mol. The number of hydrogen-bond donors (Lipinski definition) is 3. The highest BCUT2D eigenvalue weighted by molar-refractivity contribution is 7.20. The van der Waals surface area contributed by atoms with Gasteiger partial charge in [-0.1, -0.05) is 18.5 Å². The van der Waals surface area contributed by atoms with Gasteiger partial charge in [0.2, 0.25) is 0 Å². The van der Waals surface area contributed by atoms with E-state index in [-0.39, 0.29) is 0 Å². The molecule has 0 radical (unpaired) electrons. The van der Waals surface area contributed by atoms with Gasteiger partial charge in [-0.05, 0) is 30.7 Å². The van der Waals surface area contributed by atoms with Crippen molar-refractivity contribution in [1.29, 1.82) is 0 Å². The third-order valence-electron chi connectivity index (χ3n) is 3.87. The van der Waals surface area contributed by atoms with Crippen LogP contribution in [0.3, 0.4) is 0 Å². The van der Waals surface area contributed by atoms with E-state index in [1.165, 1.54) is 22.7 Å². The smallest absolute Gasteiger partial charge is 0.324 e. The summed E-state index contributed by atoms with van der Waals surface area (Å²) in [5.41, 5.74) is 6.95. The molecule has 0 spiro atoms. The molecule has 2 aromatic heterocycles. The maximum atomic E-state index is 12.2. The number of anilines is 2. The van der Waals surface area contributed by atoms with Crippen molar-refractivity contribution < 1.29 is 9.59 Å². The average Bonchev–Trinajstić information content (AvgIpc) is 3.09. The Morgan fingerprint density at radius 3 is 2.75 bits per heavy atom. The molecule has 128 valence electrons. The summed E-state index contributed by atoms with van der Waals surface area (Å²) >= 11 is 8.53. The average molecular weight is 385 g/mol. The van der Waals surface area contributed by atoms with Crippen molar-refractivity contribution in [2.75, 3.05) is 23.7 Å². The molecule has 1 aliphatic rings. The van der Waals surface area contributed by atoms with Crippen molar-refractivity contribution in [2.24, 2.45) is 5.73 Å². The molecule has 1 aliphatic heterocycles. The summed E-state index contributed by atoms with van der Waals surface area (Å²) in [6.07, 6.45) is 0.766. The van der Waals surface area contributed by atoms with E-state index < -0.39 is 11.9 Å². The second-order valence-corrected chi connectivity index (χ2v) is 8.19. The van der Waals surface area contributed by atoms with E-state index >= 15 is 0 Å². The van der Waals surface area contributed by atoms with Gasteiger partial charge in [0.05, 0.1) is 14.9 Å². The highest BCUT2D eigenvalue weighted by Crippen LogP contribution is 2.37. The van der Waals surface area contributed by atoms with Gasteiger partial charge >= 0.3 is 6.03 Å². The number of rotatable bonds is 4. The van der Waals surface area contributed by atoms with Crippen LogP contribution in [0.25, 0.3) is 0 Å². The second kappa shape index (κ2) is 7.10. The molecule has 0 saturated carbocycles. The van der Waals surface area contributed by atoms with Crippen molar-refractivity contribution in [1.82, 2.24) is 4.90 Å². The minimum absolute atomic E-state index is 0.415. The number of primary amides is 1. The van der Waals surface area contributed by atoms with Crippen molar-refractivity contribution in [3.63, 3.8) is 0 Å². The zero-order chi connectivity index (χ0) is 17.3. The standard InChI is InChI=1S/C15H17ClN4O2S2/c1-2-20-6-5-8-9(7-20)23-14(12(8)13(17)21)19-15(22)18-11-4-3-10(16)24-11/h3-4H,2,5-7H2,1H3,(H2,17,21)(H2,18,19,22). The molecule has 0 bridgehead atoms. The minimum Gasteiger partial charge on any atom is -0.365 e. The SMILES string of the molecule is CCN1CCc2c(sc(NC(=O)Nc3ccc(Cl)s3)c2C(N)=O)C1. The molecule has 0 unspecified atom stereocenters. The lowest BCUT2D eigenvalue weighted by molar-refractivity contribution is 0.1000. The number of nitrogens with one attached hydrogen (secondary N) is 2. The predicted octanol–water partition coefficient (Wildman–Crippen LogP) is 3.58. The molecule has 3 rings (SSSR count). The van der Waals surface area contributed by atoms with Gasteiger partial charge in [-0.15, -0.1) is 22.7 Å². The Labute approximate surface area is 152 Å². The van der Waals surface area contributed by atoms with Crippen LogP contribution in [0.2, 0.25) is 4.34 Å². The largest absolute Gasteiger partial charge is 0.365 e. The van der Waals surface area contributed by atoms with Gasteiger partial charge in [-0.25, -0.2) is 4.79 Å². The molecule has 3 amide bonds. The predicted molar refractivity (Wildman–Crippen MR) is 99.5 cm³/mol. The fourth-order valence-electron chi connectivity index (χ4n) is 2.70. The number of hydrogen-bond acceptors (Lipinski definition) is 5. The molecular formula is C15H17ClN4O2S2. The number of urea groups is 1. The third-order valence-corrected chi connectivity index (χ3v) is 6.15. The van der Waals surface area contributed by atoms with Crippen LogP contribution in [-0.4, -0.2) is 29.9 Å². The number of carbonyl (C=O) groups excluding carboxylic acids is 2. The lowest BCUT2D eigenvalue weighted by Crippen LogP contribution is -2.30. The first kappa shape index (κ1) is 17.2. The molecule has 24 heavy (non-hydrogen) atoms. The summed E-state index contributed by atoms with van der Waals surface area (Å²) in [5.74, 6) is -0.507. The molecule has 0 fully saturated rings. The molecule has 4 N–H and O–H groups in total. The summed E-state index contributed by atoms with van der Waals surface area (Å²) in [4.78, 5) is 27.4. The molecule has 0 saturated heterocycles. The molecule has 3 heterocycles. The molecule has 9 heteroatoms. The van der Waals surface area contributed by atoms with Crippen molar-refractivity contribution in [3.8, 4) is 0 Å². The molecule has 2 aromatic rings. The summed E-state index contributed by atoms with van der Waals surface area (Å²) in [7, 11) is 0. The Kier molecular flexibility index (Phi) is 5.09. The lowest BCUT2D eigenvalue weighted by Gasteiger charge is -2.25. The van der Waals surface area contributed by atoms with E-state index in [0.29, 0.717) is 19.9 Å². The number of halogens is 1. The number of nitrogens with zero attached hydrogens (tertiary/aromatic N) is 1. The van der Waals surface area contributed by atoms with E-state index in [1.807, 2.05) is 0 Å². The van der Waals surface area contributed by atoms with E-state index in [4.69, 9.17) is 17.3 Å². The molecule has 0 aliphatic carbocycles. The zero-order valence-corrected chi connectivity index (χ0v) is 15.4. The van der Waals surface area contributed by atoms with Gasteiger partial charge in [0.25, 0.3) is 5.91 Å². The van der Waals surface area contributed by atoms with Crippen LogP contribution in [0.15, 0.2) is 12.1 Å².